The summed E-state index contributed by atoms with van der Waals surface area (Å²) in [6.45, 7) is 6.15. The Balaban J connectivity index is 3.13. The van der Waals surface area contributed by atoms with Crippen LogP contribution in [0.1, 0.15) is 84.0 Å². The summed E-state index contributed by atoms with van der Waals surface area (Å²) in [5.74, 6) is 0.148. The average Bonchev–Trinajstić information content (AvgIpc) is 2.64. The highest BCUT2D eigenvalue weighted by Gasteiger charge is 2.00. The van der Waals surface area contributed by atoms with Gasteiger partial charge in [-0.2, -0.15) is 0 Å². The van der Waals surface area contributed by atoms with Gasteiger partial charge in [0.1, 0.15) is 0 Å². The maximum atomic E-state index is 11.7. The number of ether oxygens (including phenoxy) is 2. The molecule has 1 amide bonds. The van der Waals surface area contributed by atoms with E-state index < -0.39 is 0 Å². The van der Waals surface area contributed by atoms with Gasteiger partial charge in [0, 0.05) is 19.5 Å². The van der Waals surface area contributed by atoms with Gasteiger partial charge < -0.3 is 20.1 Å². The fourth-order valence-electron chi connectivity index (χ4n) is 2.80. The van der Waals surface area contributed by atoms with Crippen molar-refractivity contribution in [2.75, 3.05) is 46.6 Å². The zero-order valence-electron chi connectivity index (χ0n) is 17.5. The molecule has 26 heavy (non-hydrogen) atoms. The molecule has 5 nitrogen and oxygen atoms in total. The number of carbonyl (C=O) groups is 1. The molecule has 0 heterocycles. The monoisotopic (exact) mass is 372 g/mol. The summed E-state index contributed by atoms with van der Waals surface area (Å²) in [4.78, 5) is 11.7. The highest BCUT2D eigenvalue weighted by Crippen LogP contribution is 2.11. The van der Waals surface area contributed by atoms with Crippen molar-refractivity contribution in [3.8, 4) is 0 Å². The van der Waals surface area contributed by atoms with Crippen LogP contribution in [0.4, 0.5) is 0 Å². The Bertz CT molecular complexity index is 288. The summed E-state index contributed by atoms with van der Waals surface area (Å²) in [5.41, 5.74) is 0. The summed E-state index contributed by atoms with van der Waals surface area (Å²) < 4.78 is 10.8. The second-order valence-electron chi connectivity index (χ2n) is 6.96. The van der Waals surface area contributed by atoms with Gasteiger partial charge in [-0.3, -0.25) is 4.79 Å². The van der Waals surface area contributed by atoms with Crippen molar-refractivity contribution in [3.63, 3.8) is 0 Å². The first-order valence-corrected chi connectivity index (χ1v) is 10.9. The summed E-state index contributed by atoms with van der Waals surface area (Å²) >= 11 is 0. The molecule has 0 aromatic carbocycles. The third kappa shape index (κ3) is 21.4. The third-order valence-corrected chi connectivity index (χ3v) is 4.44. The van der Waals surface area contributed by atoms with E-state index in [-0.39, 0.29) is 5.91 Å². The molecule has 0 radical (unpaired) electrons. The van der Waals surface area contributed by atoms with E-state index in [4.69, 9.17) is 9.47 Å². The Morgan fingerprint density at radius 3 is 1.73 bits per heavy atom. The molecule has 0 rings (SSSR count). The molecule has 0 aliphatic rings. The number of likely N-dealkylation sites (N-methyl/N-ethyl adjacent to an activating group) is 1. The van der Waals surface area contributed by atoms with Crippen LogP contribution in [0.2, 0.25) is 0 Å². The van der Waals surface area contributed by atoms with Gasteiger partial charge in [0.2, 0.25) is 5.91 Å². The zero-order valence-corrected chi connectivity index (χ0v) is 17.5. The molecule has 5 heteroatoms. The van der Waals surface area contributed by atoms with E-state index in [1.807, 2.05) is 7.05 Å². The van der Waals surface area contributed by atoms with Crippen LogP contribution in [0, 0.1) is 0 Å². The summed E-state index contributed by atoms with van der Waals surface area (Å²) in [6.07, 6.45) is 15.1. The minimum atomic E-state index is 0.148. The number of amides is 1. The molecular formula is C21H44N2O3. The van der Waals surface area contributed by atoms with Crippen molar-refractivity contribution in [2.45, 2.75) is 84.0 Å². The van der Waals surface area contributed by atoms with Gasteiger partial charge in [0.15, 0.2) is 0 Å². The van der Waals surface area contributed by atoms with Gasteiger partial charge in [0.05, 0.1) is 26.4 Å². The lowest BCUT2D eigenvalue weighted by atomic mass is 10.1. The summed E-state index contributed by atoms with van der Waals surface area (Å²) in [6, 6.07) is 0. The Kier molecular flexibility index (Phi) is 21.8. The lowest BCUT2D eigenvalue weighted by Crippen LogP contribution is -2.27. The van der Waals surface area contributed by atoms with E-state index in [1.54, 1.807) is 0 Å². The molecule has 0 aromatic heterocycles. The van der Waals surface area contributed by atoms with Gasteiger partial charge in [-0.25, -0.2) is 0 Å². The minimum absolute atomic E-state index is 0.148. The predicted molar refractivity (Wildman–Crippen MR) is 110 cm³/mol. The minimum Gasteiger partial charge on any atom is -0.378 e. The first kappa shape index (κ1) is 25.4. The van der Waals surface area contributed by atoms with Crippen LogP contribution in [0.5, 0.6) is 0 Å². The van der Waals surface area contributed by atoms with Crippen LogP contribution in [0.15, 0.2) is 0 Å². The van der Waals surface area contributed by atoms with Crippen LogP contribution in [-0.4, -0.2) is 52.5 Å². The van der Waals surface area contributed by atoms with Gasteiger partial charge in [0.25, 0.3) is 0 Å². The molecule has 2 N–H and O–H groups in total. The van der Waals surface area contributed by atoms with Crippen molar-refractivity contribution in [2.24, 2.45) is 0 Å². The number of carbonyl (C=O) groups excluding carboxylic acids is 1. The smallest absolute Gasteiger partial charge is 0.220 e. The molecule has 156 valence electrons. The fourth-order valence-corrected chi connectivity index (χ4v) is 2.80. The van der Waals surface area contributed by atoms with E-state index in [9.17, 15) is 4.79 Å². The Labute approximate surface area is 162 Å². The summed E-state index contributed by atoms with van der Waals surface area (Å²) in [5, 5.41) is 5.93. The van der Waals surface area contributed by atoms with Crippen molar-refractivity contribution < 1.29 is 14.3 Å². The number of unbranched alkanes of at least 4 members (excludes halogenated alkanes) is 10. The third-order valence-electron chi connectivity index (χ3n) is 4.44. The molecule has 0 aromatic rings. The van der Waals surface area contributed by atoms with Crippen LogP contribution >= 0.6 is 0 Å². The first-order chi connectivity index (χ1) is 12.8. The number of nitrogens with one attached hydrogen (secondary N) is 2. The lowest BCUT2D eigenvalue weighted by molar-refractivity contribution is -0.121. The zero-order chi connectivity index (χ0) is 19.1. The Morgan fingerprint density at radius 1 is 0.692 bits per heavy atom. The number of rotatable bonds is 21. The van der Waals surface area contributed by atoms with Crippen molar-refractivity contribution >= 4 is 5.91 Å². The molecule has 0 spiro atoms. The SMILES string of the molecule is CCCCCCCCCCCCCC(=O)NCCOCCOCCNC. The van der Waals surface area contributed by atoms with Gasteiger partial charge in [-0.05, 0) is 13.5 Å². The van der Waals surface area contributed by atoms with Crippen LogP contribution in [0.25, 0.3) is 0 Å². The normalized spacial score (nSPS) is 11.0. The van der Waals surface area contributed by atoms with Gasteiger partial charge in [-0.15, -0.1) is 0 Å². The second kappa shape index (κ2) is 22.4. The highest BCUT2D eigenvalue weighted by atomic mass is 16.5. The van der Waals surface area contributed by atoms with Crippen molar-refractivity contribution in [1.29, 1.82) is 0 Å². The second-order valence-corrected chi connectivity index (χ2v) is 6.96. The maximum absolute atomic E-state index is 11.7. The first-order valence-electron chi connectivity index (χ1n) is 10.9. The van der Waals surface area contributed by atoms with Crippen LogP contribution in [-0.2, 0) is 14.3 Å². The number of hydrogen-bond acceptors (Lipinski definition) is 4. The Morgan fingerprint density at radius 2 is 1.19 bits per heavy atom. The van der Waals surface area contributed by atoms with Crippen molar-refractivity contribution in [3.05, 3.63) is 0 Å². The number of hydrogen-bond donors (Lipinski definition) is 2. The van der Waals surface area contributed by atoms with E-state index in [2.05, 4.69) is 17.6 Å². The quantitative estimate of drug-likeness (QED) is 0.298. The highest BCUT2D eigenvalue weighted by molar-refractivity contribution is 5.75. The Hall–Kier alpha value is -0.650. The molecule has 0 atom stereocenters. The molecule has 0 bridgehead atoms. The topological polar surface area (TPSA) is 59.6 Å². The summed E-state index contributed by atoms with van der Waals surface area (Å²) in [7, 11) is 1.90. The van der Waals surface area contributed by atoms with E-state index in [0.717, 1.165) is 13.0 Å². The maximum Gasteiger partial charge on any atom is 0.220 e. The molecular weight excluding hydrogens is 328 g/mol. The largest absolute Gasteiger partial charge is 0.378 e. The molecule has 0 aliphatic carbocycles. The van der Waals surface area contributed by atoms with E-state index in [1.165, 1.54) is 64.2 Å². The molecule has 0 aliphatic heterocycles. The van der Waals surface area contributed by atoms with Crippen LogP contribution in [0.3, 0.4) is 0 Å². The molecule has 0 saturated carbocycles. The molecule has 0 fully saturated rings. The van der Waals surface area contributed by atoms with Gasteiger partial charge in [-0.1, -0.05) is 71.1 Å². The van der Waals surface area contributed by atoms with E-state index in [0.29, 0.717) is 39.4 Å². The van der Waals surface area contributed by atoms with Crippen molar-refractivity contribution in [1.82, 2.24) is 10.6 Å². The average molecular weight is 373 g/mol. The molecule has 0 unspecified atom stereocenters. The van der Waals surface area contributed by atoms with Gasteiger partial charge >= 0.3 is 0 Å². The molecule has 0 saturated heterocycles. The standard InChI is InChI=1S/C21H44N2O3/c1-3-4-5-6-7-8-9-10-11-12-13-14-21(24)23-16-18-26-20-19-25-17-15-22-2/h22H,3-20H2,1-2H3,(H,23,24). The van der Waals surface area contributed by atoms with E-state index >= 15 is 0 Å². The fraction of sp³-hybridized carbons (Fsp3) is 0.952. The predicted octanol–water partition coefficient (Wildman–Crippen LogP) is 4.06. The van der Waals surface area contributed by atoms with Crippen LogP contribution < -0.4 is 10.6 Å². The lowest BCUT2D eigenvalue weighted by Gasteiger charge is -2.07.